The first-order valence-corrected chi connectivity index (χ1v) is 6.81. The van der Waals surface area contributed by atoms with Crippen molar-refractivity contribution in [1.82, 2.24) is 20.0 Å². The lowest BCUT2D eigenvalue weighted by Crippen LogP contribution is -2.17. The van der Waals surface area contributed by atoms with E-state index < -0.39 is 18.1 Å². The summed E-state index contributed by atoms with van der Waals surface area (Å²) in [6.07, 6.45) is -1.95. The van der Waals surface area contributed by atoms with E-state index >= 15 is 0 Å². The minimum Gasteiger partial charge on any atom is -0.476 e. The highest BCUT2D eigenvalue weighted by molar-refractivity contribution is 5.93. The predicted octanol–water partition coefficient (Wildman–Crippen LogP) is 2.93. The van der Waals surface area contributed by atoms with Gasteiger partial charge in [0, 0.05) is 24.0 Å². The average molecular weight is 350 g/mol. The summed E-state index contributed by atoms with van der Waals surface area (Å²) in [5, 5.41) is 16.6. The molecule has 0 spiro atoms. The van der Waals surface area contributed by atoms with Gasteiger partial charge in [0.15, 0.2) is 5.69 Å². The van der Waals surface area contributed by atoms with Gasteiger partial charge in [0.05, 0.1) is 5.69 Å². The number of nitrogens with zero attached hydrogens (tertiary/aromatic N) is 4. The van der Waals surface area contributed by atoms with E-state index in [4.69, 9.17) is 0 Å². The largest absolute Gasteiger partial charge is 0.573 e. The number of aromatic nitrogens is 4. The molecule has 1 aromatic carbocycles. The molecule has 0 aliphatic rings. The first kappa shape index (κ1) is 16.4. The molecule has 0 aliphatic heterocycles. The van der Waals surface area contributed by atoms with E-state index in [0.717, 1.165) is 16.8 Å². The molecule has 2 heterocycles. The molecule has 2 aromatic heterocycles. The molecule has 0 radical (unpaired) electrons. The van der Waals surface area contributed by atoms with Gasteiger partial charge in [-0.05, 0) is 24.3 Å². The summed E-state index contributed by atoms with van der Waals surface area (Å²) in [6, 6.07) is 8.06. The zero-order chi connectivity index (χ0) is 18.0. The van der Waals surface area contributed by atoms with Gasteiger partial charge in [0.25, 0.3) is 0 Å². The summed E-state index contributed by atoms with van der Waals surface area (Å²) in [4.78, 5) is 15.2. The Bertz CT molecular complexity index is 910. The quantitative estimate of drug-likeness (QED) is 0.778. The van der Waals surface area contributed by atoms with E-state index in [2.05, 4.69) is 20.0 Å². The lowest BCUT2D eigenvalue weighted by atomic mass is 10.1. The van der Waals surface area contributed by atoms with Crippen LogP contribution in [0.4, 0.5) is 13.2 Å². The Labute approximate surface area is 138 Å². The Balaban J connectivity index is 2.13. The van der Waals surface area contributed by atoms with Crippen molar-refractivity contribution in [2.75, 3.05) is 0 Å². The van der Waals surface area contributed by atoms with Crippen molar-refractivity contribution in [1.29, 1.82) is 0 Å². The highest BCUT2D eigenvalue weighted by Gasteiger charge is 2.31. The maximum atomic E-state index is 12.4. The van der Waals surface area contributed by atoms with Crippen LogP contribution in [0.25, 0.3) is 16.9 Å². The van der Waals surface area contributed by atoms with Crippen LogP contribution < -0.4 is 4.74 Å². The zero-order valence-corrected chi connectivity index (χ0v) is 12.3. The van der Waals surface area contributed by atoms with E-state index in [1.165, 1.54) is 36.7 Å². The second-order valence-electron chi connectivity index (χ2n) is 4.78. The van der Waals surface area contributed by atoms with Crippen LogP contribution in [-0.2, 0) is 0 Å². The van der Waals surface area contributed by atoms with Crippen molar-refractivity contribution in [3.8, 4) is 22.7 Å². The van der Waals surface area contributed by atoms with Crippen molar-refractivity contribution in [3.05, 3.63) is 54.5 Å². The number of ether oxygens (including phenoxy) is 1. The van der Waals surface area contributed by atoms with E-state index in [1.54, 1.807) is 0 Å². The van der Waals surface area contributed by atoms with Crippen LogP contribution in [0, 0.1) is 0 Å². The Morgan fingerprint density at radius 2 is 1.88 bits per heavy atom. The zero-order valence-electron chi connectivity index (χ0n) is 12.3. The van der Waals surface area contributed by atoms with Gasteiger partial charge in [-0.25, -0.2) is 9.48 Å². The molecule has 3 rings (SSSR count). The van der Waals surface area contributed by atoms with Gasteiger partial charge in [0.2, 0.25) is 0 Å². The van der Waals surface area contributed by atoms with Crippen molar-refractivity contribution >= 4 is 5.97 Å². The topological polar surface area (TPSA) is 90.1 Å². The Morgan fingerprint density at radius 3 is 2.52 bits per heavy atom. The van der Waals surface area contributed by atoms with Gasteiger partial charge >= 0.3 is 12.3 Å². The summed E-state index contributed by atoms with van der Waals surface area (Å²) in [7, 11) is 0. The van der Waals surface area contributed by atoms with Crippen LogP contribution in [0.3, 0.4) is 0 Å². The molecule has 25 heavy (non-hydrogen) atoms. The van der Waals surface area contributed by atoms with Gasteiger partial charge in [-0.2, -0.15) is 0 Å². The van der Waals surface area contributed by atoms with Gasteiger partial charge in [0.1, 0.15) is 11.4 Å². The third kappa shape index (κ3) is 3.57. The van der Waals surface area contributed by atoms with Gasteiger partial charge in [-0.15, -0.1) is 18.3 Å². The smallest absolute Gasteiger partial charge is 0.476 e. The third-order valence-corrected chi connectivity index (χ3v) is 3.12. The molecule has 0 unspecified atom stereocenters. The second-order valence-corrected chi connectivity index (χ2v) is 4.78. The summed E-state index contributed by atoms with van der Waals surface area (Å²) in [5.74, 6) is -1.78. The minimum absolute atomic E-state index is 0.110. The average Bonchev–Trinajstić information content (AvgIpc) is 2.99. The maximum Gasteiger partial charge on any atom is 0.573 e. The van der Waals surface area contributed by atoms with Crippen molar-refractivity contribution in [3.63, 3.8) is 0 Å². The number of aromatic carboxylic acids is 1. The van der Waals surface area contributed by atoms with E-state index in [-0.39, 0.29) is 17.1 Å². The first-order valence-electron chi connectivity index (χ1n) is 6.81. The highest BCUT2D eigenvalue weighted by Crippen LogP contribution is 2.28. The lowest BCUT2D eigenvalue weighted by molar-refractivity contribution is -0.274. The molecule has 0 aliphatic carbocycles. The molecule has 1 N–H and O–H groups in total. The fourth-order valence-electron chi connectivity index (χ4n) is 2.19. The van der Waals surface area contributed by atoms with Crippen molar-refractivity contribution < 1.29 is 27.8 Å². The first-order chi connectivity index (χ1) is 11.8. The molecule has 0 amide bonds. The molecule has 0 atom stereocenters. The standard InChI is InChI=1S/C15H9F3N4O3/c16-15(17,18)25-11-3-1-2-10(8-11)22-13(9-4-6-19-7-5-9)12(14(23)24)20-21-22/h1-8H,(H,23,24). The number of pyridine rings is 1. The number of benzene rings is 1. The van der Waals surface area contributed by atoms with Crippen LogP contribution in [0.5, 0.6) is 5.75 Å². The minimum atomic E-state index is -4.85. The molecule has 10 heteroatoms. The summed E-state index contributed by atoms with van der Waals surface area (Å²) in [5.41, 5.74) is 0.375. The molecular weight excluding hydrogens is 341 g/mol. The normalized spacial score (nSPS) is 11.3. The Morgan fingerprint density at radius 1 is 1.16 bits per heavy atom. The molecule has 128 valence electrons. The number of rotatable bonds is 4. The summed E-state index contributed by atoms with van der Waals surface area (Å²) < 4.78 is 42.2. The number of carboxylic acids is 1. The lowest BCUT2D eigenvalue weighted by Gasteiger charge is -2.11. The van der Waals surface area contributed by atoms with E-state index in [1.807, 2.05) is 0 Å². The van der Waals surface area contributed by atoms with Gasteiger partial charge < -0.3 is 9.84 Å². The number of carboxylic acid groups (broad SMARTS) is 1. The maximum absolute atomic E-state index is 12.4. The number of hydrogen-bond acceptors (Lipinski definition) is 5. The third-order valence-electron chi connectivity index (χ3n) is 3.12. The fraction of sp³-hybridized carbons (Fsp3) is 0.0667. The molecule has 0 bridgehead atoms. The van der Waals surface area contributed by atoms with Crippen LogP contribution in [0.1, 0.15) is 10.5 Å². The number of hydrogen-bond donors (Lipinski definition) is 1. The van der Waals surface area contributed by atoms with Crippen LogP contribution in [-0.4, -0.2) is 37.4 Å². The number of halogens is 3. The summed E-state index contributed by atoms with van der Waals surface area (Å²) >= 11 is 0. The molecule has 0 saturated carbocycles. The number of carbonyl (C=O) groups is 1. The molecule has 0 fully saturated rings. The van der Waals surface area contributed by atoms with Crippen LogP contribution in [0.2, 0.25) is 0 Å². The summed E-state index contributed by atoms with van der Waals surface area (Å²) in [6.45, 7) is 0. The van der Waals surface area contributed by atoms with E-state index in [0.29, 0.717) is 5.56 Å². The van der Waals surface area contributed by atoms with Gasteiger partial charge in [-0.3, -0.25) is 4.98 Å². The Hall–Kier alpha value is -3.43. The van der Waals surface area contributed by atoms with Crippen molar-refractivity contribution in [2.45, 2.75) is 6.36 Å². The second kappa shape index (κ2) is 6.23. The fourth-order valence-corrected chi connectivity index (χ4v) is 2.19. The van der Waals surface area contributed by atoms with Crippen LogP contribution in [0.15, 0.2) is 48.8 Å². The molecule has 0 saturated heterocycles. The monoisotopic (exact) mass is 350 g/mol. The Kier molecular flexibility index (Phi) is 4.09. The molecule has 3 aromatic rings. The SMILES string of the molecule is O=C(O)c1nnn(-c2cccc(OC(F)(F)F)c2)c1-c1ccncc1. The van der Waals surface area contributed by atoms with Gasteiger partial charge in [-0.1, -0.05) is 11.3 Å². The molecular formula is C15H9F3N4O3. The predicted molar refractivity (Wildman–Crippen MR) is 78.2 cm³/mol. The van der Waals surface area contributed by atoms with Crippen molar-refractivity contribution in [2.24, 2.45) is 0 Å². The van der Waals surface area contributed by atoms with E-state index in [9.17, 15) is 23.1 Å². The molecule has 7 nitrogen and oxygen atoms in total. The highest BCUT2D eigenvalue weighted by atomic mass is 19.4. The number of alkyl halides is 3. The van der Waals surface area contributed by atoms with Crippen LogP contribution >= 0.6 is 0 Å².